The van der Waals surface area contributed by atoms with Crippen LogP contribution in [0.2, 0.25) is 28.2 Å². The Morgan fingerprint density at radius 3 is 1.74 bits per heavy atom. The molecule has 0 radical (unpaired) electrons. The number of carbonyl (C=O) groups is 1. The van der Waals surface area contributed by atoms with Gasteiger partial charge in [-0.2, -0.15) is 0 Å². The summed E-state index contributed by atoms with van der Waals surface area (Å²) in [4.78, 5) is 13.1. The number of hydrogen-bond donors (Lipinski definition) is 0. The van der Waals surface area contributed by atoms with Crippen LogP contribution in [0.5, 0.6) is 0 Å². The van der Waals surface area contributed by atoms with E-state index in [2.05, 4.69) is 20.8 Å². The second-order valence-corrected chi connectivity index (χ2v) is 12.5. The summed E-state index contributed by atoms with van der Waals surface area (Å²) in [6, 6.07) is 18.2. The Bertz CT molecular complexity index is 717. The van der Waals surface area contributed by atoms with E-state index in [0.717, 1.165) is 29.3 Å². The fraction of sp³-hybridized carbons (Fsp3) is 0.409. The normalized spacial score (nSPS) is 12.8. The lowest BCUT2D eigenvalue weighted by molar-refractivity contribution is -0.125. The number of carbonyl (C=O) groups excluding carboxylic acids is 1. The molecule has 0 aliphatic heterocycles. The van der Waals surface area contributed by atoms with Crippen LogP contribution in [0.4, 0.5) is 0 Å². The smallest absolute Gasteiger partial charge is 0.193 e. The predicted octanol–water partition coefficient (Wildman–Crippen LogP) is 6.74. The van der Waals surface area contributed by atoms with Gasteiger partial charge in [-0.1, -0.05) is 68.2 Å². The standard InChI is InChI=1S/C22H28Cl2O2Si/c1-4-27(5-2,6-3)26-22(16-18-9-13-20(24)14-10-18)21(25)15-17-7-11-19(23)12-8-17/h7-14,22H,4-6,15-16H2,1-3H3/t22-/m0/s1. The first-order valence-electron chi connectivity index (χ1n) is 9.60. The van der Waals surface area contributed by atoms with E-state index in [9.17, 15) is 4.79 Å². The molecule has 0 aliphatic carbocycles. The molecule has 0 aliphatic rings. The topological polar surface area (TPSA) is 26.3 Å². The van der Waals surface area contributed by atoms with Crippen molar-refractivity contribution in [1.82, 2.24) is 0 Å². The van der Waals surface area contributed by atoms with Crippen LogP contribution in [0.1, 0.15) is 31.9 Å². The molecule has 0 unspecified atom stereocenters. The highest BCUT2D eigenvalue weighted by molar-refractivity contribution is 6.73. The maximum absolute atomic E-state index is 13.1. The van der Waals surface area contributed by atoms with E-state index >= 15 is 0 Å². The molecule has 146 valence electrons. The van der Waals surface area contributed by atoms with Crippen molar-refractivity contribution in [1.29, 1.82) is 0 Å². The summed E-state index contributed by atoms with van der Waals surface area (Å²) in [6.07, 6.45) is 0.517. The van der Waals surface area contributed by atoms with Crippen LogP contribution in [-0.4, -0.2) is 20.2 Å². The second-order valence-electron chi connectivity index (χ2n) is 6.95. The Kier molecular flexibility index (Phi) is 8.55. The highest BCUT2D eigenvalue weighted by Gasteiger charge is 2.34. The summed E-state index contributed by atoms with van der Waals surface area (Å²) >= 11 is 12.0. The average molecular weight is 423 g/mol. The van der Waals surface area contributed by atoms with Gasteiger partial charge in [-0.15, -0.1) is 0 Å². The Balaban J connectivity index is 2.22. The Labute approximate surface area is 174 Å². The van der Waals surface area contributed by atoms with E-state index in [-0.39, 0.29) is 5.78 Å². The molecule has 0 aromatic heterocycles. The first kappa shape index (κ1) is 22.2. The largest absolute Gasteiger partial charge is 0.407 e. The van der Waals surface area contributed by atoms with Gasteiger partial charge in [0.15, 0.2) is 14.1 Å². The van der Waals surface area contributed by atoms with Crippen molar-refractivity contribution < 1.29 is 9.22 Å². The number of halogens is 2. The fourth-order valence-corrected chi connectivity index (χ4v) is 6.35. The molecule has 5 heteroatoms. The van der Waals surface area contributed by atoms with Crippen molar-refractivity contribution in [3.63, 3.8) is 0 Å². The number of rotatable bonds is 10. The third-order valence-electron chi connectivity index (χ3n) is 5.31. The van der Waals surface area contributed by atoms with Gasteiger partial charge in [0, 0.05) is 22.9 Å². The summed E-state index contributed by atoms with van der Waals surface area (Å²) < 4.78 is 6.61. The highest BCUT2D eigenvalue weighted by Crippen LogP contribution is 2.26. The molecule has 0 N–H and O–H groups in total. The maximum atomic E-state index is 13.1. The zero-order valence-electron chi connectivity index (χ0n) is 16.3. The molecule has 2 rings (SSSR count). The van der Waals surface area contributed by atoms with Gasteiger partial charge < -0.3 is 4.43 Å². The molecule has 0 spiro atoms. The van der Waals surface area contributed by atoms with Crippen LogP contribution in [0.15, 0.2) is 48.5 Å². The lowest BCUT2D eigenvalue weighted by Crippen LogP contribution is -2.44. The zero-order valence-corrected chi connectivity index (χ0v) is 18.8. The van der Waals surface area contributed by atoms with Crippen LogP contribution in [-0.2, 0) is 22.1 Å². The minimum Gasteiger partial charge on any atom is -0.407 e. The van der Waals surface area contributed by atoms with E-state index < -0.39 is 14.4 Å². The van der Waals surface area contributed by atoms with Gasteiger partial charge in [0.05, 0.1) is 0 Å². The maximum Gasteiger partial charge on any atom is 0.193 e. The van der Waals surface area contributed by atoms with Gasteiger partial charge in [0.2, 0.25) is 0 Å². The fourth-order valence-electron chi connectivity index (χ4n) is 3.27. The van der Waals surface area contributed by atoms with E-state index in [0.29, 0.717) is 22.9 Å². The van der Waals surface area contributed by atoms with Crippen molar-refractivity contribution in [2.24, 2.45) is 0 Å². The molecular formula is C22H28Cl2O2Si. The number of hydrogen-bond acceptors (Lipinski definition) is 2. The zero-order chi connectivity index (χ0) is 19.9. The molecule has 1 atom stereocenters. The molecule has 27 heavy (non-hydrogen) atoms. The summed E-state index contributed by atoms with van der Waals surface area (Å²) in [5.74, 6) is 0.125. The van der Waals surface area contributed by atoms with Crippen LogP contribution in [0, 0.1) is 0 Å². The molecule has 0 amide bonds. The number of Topliss-reactive ketones (excluding diaryl/α,β-unsaturated/α-hetero) is 1. The monoisotopic (exact) mass is 422 g/mol. The third-order valence-corrected chi connectivity index (χ3v) is 10.5. The van der Waals surface area contributed by atoms with Gasteiger partial charge >= 0.3 is 0 Å². The molecule has 2 aromatic rings. The highest BCUT2D eigenvalue weighted by atomic mass is 35.5. The third kappa shape index (κ3) is 6.46. The van der Waals surface area contributed by atoms with Crippen molar-refractivity contribution in [2.45, 2.75) is 57.8 Å². The van der Waals surface area contributed by atoms with Crippen LogP contribution in [0.3, 0.4) is 0 Å². The molecule has 2 aromatic carbocycles. The van der Waals surface area contributed by atoms with Gasteiger partial charge in [0.25, 0.3) is 0 Å². The molecule has 0 saturated heterocycles. The first-order chi connectivity index (χ1) is 12.9. The molecule has 0 bridgehead atoms. The van der Waals surface area contributed by atoms with Crippen LogP contribution in [0.25, 0.3) is 0 Å². The van der Waals surface area contributed by atoms with E-state index in [4.69, 9.17) is 27.6 Å². The van der Waals surface area contributed by atoms with Gasteiger partial charge in [-0.3, -0.25) is 4.79 Å². The van der Waals surface area contributed by atoms with Gasteiger partial charge in [0.1, 0.15) is 6.10 Å². The summed E-state index contributed by atoms with van der Waals surface area (Å²) in [7, 11) is -1.90. The summed E-state index contributed by atoms with van der Waals surface area (Å²) in [5.41, 5.74) is 2.03. The van der Waals surface area contributed by atoms with Gasteiger partial charge in [-0.05, 0) is 53.5 Å². The van der Waals surface area contributed by atoms with Crippen molar-refractivity contribution >= 4 is 37.3 Å². The Morgan fingerprint density at radius 1 is 0.852 bits per heavy atom. The van der Waals surface area contributed by atoms with Crippen LogP contribution < -0.4 is 0 Å². The van der Waals surface area contributed by atoms with Crippen molar-refractivity contribution in [3.05, 3.63) is 69.7 Å². The minimum absolute atomic E-state index is 0.125. The molecule has 0 heterocycles. The lowest BCUT2D eigenvalue weighted by atomic mass is 10.00. The van der Waals surface area contributed by atoms with E-state index in [1.54, 1.807) is 0 Å². The second kappa shape index (κ2) is 10.4. The minimum atomic E-state index is -1.90. The lowest BCUT2D eigenvalue weighted by Gasteiger charge is -2.33. The molecule has 0 fully saturated rings. The van der Waals surface area contributed by atoms with Crippen molar-refractivity contribution in [2.75, 3.05) is 0 Å². The van der Waals surface area contributed by atoms with Crippen LogP contribution >= 0.6 is 23.2 Å². The van der Waals surface area contributed by atoms with E-state index in [1.165, 1.54) is 0 Å². The SMILES string of the molecule is CC[Si](CC)(CC)O[C@@H](Cc1ccc(Cl)cc1)C(=O)Cc1ccc(Cl)cc1. The Hall–Kier alpha value is -1.13. The average Bonchev–Trinajstić information content (AvgIpc) is 2.68. The molecule has 0 saturated carbocycles. The van der Waals surface area contributed by atoms with E-state index in [1.807, 2.05) is 48.5 Å². The molecule has 2 nitrogen and oxygen atoms in total. The summed E-state index contributed by atoms with van der Waals surface area (Å²) in [5, 5.41) is 1.37. The molecular weight excluding hydrogens is 395 g/mol. The van der Waals surface area contributed by atoms with Crippen molar-refractivity contribution in [3.8, 4) is 0 Å². The predicted molar refractivity (Wildman–Crippen MR) is 117 cm³/mol. The summed E-state index contributed by atoms with van der Waals surface area (Å²) in [6.45, 7) is 6.55. The number of ketones is 1. The first-order valence-corrected chi connectivity index (χ1v) is 12.9. The number of benzene rings is 2. The van der Waals surface area contributed by atoms with Gasteiger partial charge in [-0.25, -0.2) is 0 Å². The quantitative estimate of drug-likeness (QED) is 0.396. The Morgan fingerprint density at radius 2 is 1.30 bits per heavy atom.